The number of benzene rings is 3. The molecule has 0 aromatic heterocycles. The summed E-state index contributed by atoms with van der Waals surface area (Å²) in [6, 6.07) is 17.2. The Bertz CT molecular complexity index is 1460. The molecule has 0 atom stereocenters. The SMILES string of the molecule is COC1=CC(=O)C=C(OC)C1=P(Cc1ccccc1)(c1c(OC)cc(OC)cc1OC)c1c(OC)cc(OC)cc1OC. The van der Waals surface area contributed by atoms with Gasteiger partial charge in [0.05, 0.1) is 72.8 Å². The van der Waals surface area contributed by atoms with Gasteiger partial charge in [-0.2, -0.15) is 0 Å². The Morgan fingerprint density at radius 2 is 0.930 bits per heavy atom. The Kier molecular flexibility index (Phi) is 9.99. The second-order valence-corrected chi connectivity index (χ2v) is 12.7. The summed E-state index contributed by atoms with van der Waals surface area (Å²) in [5.41, 5.74) is 0.992. The Morgan fingerprint density at radius 1 is 0.535 bits per heavy atom. The number of methoxy groups -OCH3 is 8. The molecule has 0 heterocycles. The van der Waals surface area contributed by atoms with Crippen LogP contribution in [0, 0.1) is 0 Å². The summed E-state index contributed by atoms with van der Waals surface area (Å²) in [4.78, 5) is 12.9. The molecule has 0 saturated heterocycles. The van der Waals surface area contributed by atoms with Crippen molar-refractivity contribution < 1.29 is 42.7 Å². The molecule has 0 bridgehead atoms. The number of hydrogen-bond donors (Lipinski definition) is 0. The summed E-state index contributed by atoms with van der Waals surface area (Å²) in [7, 11) is 12.6. The molecular formula is C33H37O9P. The van der Waals surface area contributed by atoms with Crippen LogP contribution in [-0.4, -0.2) is 68.0 Å². The molecule has 1 aliphatic rings. The second kappa shape index (κ2) is 13.7. The topological polar surface area (TPSA) is 90.9 Å². The average molecular weight is 609 g/mol. The van der Waals surface area contributed by atoms with Gasteiger partial charge in [-0.1, -0.05) is 30.3 Å². The van der Waals surface area contributed by atoms with Gasteiger partial charge in [-0.25, -0.2) is 0 Å². The molecular weight excluding hydrogens is 571 g/mol. The van der Waals surface area contributed by atoms with Gasteiger partial charge in [0.1, 0.15) is 46.0 Å². The third-order valence-corrected chi connectivity index (χ3v) is 11.7. The van der Waals surface area contributed by atoms with Gasteiger partial charge in [-0.15, -0.1) is 0 Å². The zero-order valence-corrected chi connectivity index (χ0v) is 26.6. The van der Waals surface area contributed by atoms with Crippen molar-refractivity contribution in [1.29, 1.82) is 0 Å². The molecule has 0 fully saturated rings. The van der Waals surface area contributed by atoms with Gasteiger partial charge >= 0.3 is 0 Å². The third-order valence-electron chi connectivity index (χ3n) is 7.24. The van der Waals surface area contributed by atoms with Crippen LogP contribution in [-0.2, 0) is 20.4 Å². The number of rotatable bonds is 12. The van der Waals surface area contributed by atoms with Crippen molar-refractivity contribution in [3.63, 3.8) is 0 Å². The minimum absolute atomic E-state index is 0.266. The molecule has 0 radical (unpaired) electrons. The number of allylic oxidation sites excluding steroid dienone is 2. The monoisotopic (exact) mass is 608 g/mol. The predicted octanol–water partition coefficient (Wildman–Crippen LogP) is 4.72. The Hall–Kier alpha value is -4.49. The lowest BCUT2D eigenvalue weighted by atomic mass is 10.1. The highest BCUT2D eigenvalue weighted by Gasteiger charge is 2.43. The lowest BCUT2D eigenvalue weighted by Gasteiger charge is -2.37. The molecule has 0 amide bonds. The number of ketones is 1. The Morgan fingerprint density at radius 3 is 1.26 bits per heavy atom. The fourth-order valence-corrected chi connectivity index (χ4v) is 10.5. The summed E-state index contributed by atoms with van der Waals surface area (Å²) in [6.45, 7) is -3.18. The van der Waals surface area contributed by atoms with Crippen LogP contribution in [0.3, 0.4) is 0 Å². The van der Waals surface area contributed by atoms with E-state index in [1.807, 2.05) is 30.3 Å². The van der Waals surface area contributed by atoms with Crippen LogP contribution in [0.5, 0.6) is 34.5 Å². The first-order valence-corrected chi connectivity index (χ1v) is 15.3. The maximum Gasteiger partial charge on any atom is 0.186 e. The van der Waals surface area contributed by atoms with E-state index in [-0.39, 0.29) is 5.78 Å². The van der Waals surface area contributed by atoms with Gasteiger partial charge in [0, 0.05) is 42.6 Å². The van der Waals surface area contributed by atoms with Crippen molar-refractivity contribution in [1.82, 2.24) is 0 Å². The molecule has 43 heavy (non-hydrogen) atoms. The van der Waals surface area contributed by atoms with Crippen LogP contribution < -0.4 is 39.0 Å². The van der Waals surface area contributed by atoms with Gasteiger partial charge in [-0.05, 0) is 12.4 Å². The maximum absolute atomic E-state index is 12.9. The van der Waals surface area contributed by atoms with Crippen molar-refractivity contribution in [3.05, 3.63) is 83.8 Å². The van der Waals surface area contributed by atoms with Gasteiger partial charge in [-0.3, -0.25) is 4.79 Å². The smallest absolute Gasteiger partial charge is 0.186 e. The molecule has 0 saturated carbocycles. The second-order valence-electron chi connectivity index (χ2n) is 9.39. The molecule has 1 aliphatic carbocycles. The predicted molar refractivity (Wildman–Crippen MR) is 169 cm³/mol. The quantitative estimate of drug-likeness (QED) is 0.271. The van der Waals surface area contributed by atoms with Crippen molar-refractivity contribution in [2.75, 3.05) is 56.9 Å². The van der Waals surface area contributed by atoms with E-state index in [1.165, 1.54) is 26.4 Å². The van der Waals surface area contributed by atoms with Crippen LogP contribution >= 0.6 is 6.89 Å². The molecule has 10 heteroatoms. The molecule has 4 rings (SSSR count). The summed E-state index contributed by atoms with van der Waals surface area (Å²) in [5, 5.41) is 2.06. The molecule has 0 unspecified atom stereocenters. The summed E-state index contributed by atoms with van der Waals surface area (Å²) in [6.07, 6.45) is 3.34. The highest BCUT2D eigenvalue weighted by atomic mass is 31.2. The van der Waals surface area contributed by atoms with Crippen molar-refractivity contribution in [2.45, 2.75) is 6.16 Å². The van der Waals surface area contributed by atoms with Gasteiger partial charge in [0.25, 0.3) is 0 Å². The molecule has 3 aromatic carbocycles. The fourth-order valence-electron chi connectivity index (χ4n) is 5.40. The molecule has 0 N–H and O–H groups in total. The van der Waals surface area contributed by atoms with E-state index in [2.05, 4.69) is 0 Å². The van der Waals surface area contributed by atoms with E-state index < -0.39 is 6.89 Å². The van der Waals surface area contributed by atoms with Crippen LogP contribution in [0.4, 0.5) is 0 Å². The zero-order valence-electron chi connectivity index (χ0n) is 25.7. The lowest BCUT2D eigenvalue weighted by Crippen LogP contribution is -2.32. The van der Waals surface area contributed by atoms with Crippen LogP contribution in [0.25, 0.3) is 0 Å². The molecule has 228 valence electrons. The highest BCUT2D eigenvalue weighted by molar-refractivity contribution is 7.90. The summed E-state index contributed by atoms with van der Waals surface area (Å²) >= 11 is 0. The minimum Gasteiger partial charge on any atom is -0.496 e. The van der Waals surface area contributed by atoms with Gasteiger partial charge in [0.2, 0.25) is 0 Å². The Labute approximate surface area is 252 Å². The van der Waals surface area contributed by atoms with E-state index in [1.54, 1.807) is 66.9 Å². The zero-order chi connectivity index (χ0) is 31.1. The first-order valence-electron chi connectivity index (χ1n) is 13.3. The van der Waals surface area contributed by atoms with E-state index >= 15 is 0 Å². The lowest BCUT2D eigenvalue weighted by molar-refractivity contribution is -0.110. The molecule has 0 spiro atoms. The van der Waals surface area contributed by atoms with E-state index in [9.17, 15) is 4.79 Å². The Balaban J connectivity index is 2.46. The third kappa shape index (κ3) is 5.77. The molecule has 3 aromatic rings. The normalized spacial score (nSPS) is 13.0. The largest absolute Gasteiger partial charge is 0.496 e. The average Bonchev–Trinajstić information content (AvgIpc) is 3.05. The molecule has 0 aliphatic heterocycles. The van der Waals surface area contributed by atoms with E-state index in [0.717, 1.165) is 5.56 Å². The van der Waals surface area contributed by atoms with Crippen molar-refractivity contribution in [2.24, 2.45) is 0 Å². The van der Waals surface area contributed by atoms with Gasteiger partial charge in [0.15, 0.2) is 5.78 Å². The number of carbonyl (C=O) groups is 1. The van der Waals surface area contributed by atoms with Crippen molar-refractivity contribution >= 4 is 28.6 Å². The minimum atomic E-state index is -3.18. The first-order chi connectivity index (χ1) is 20.8. The van der Waals surface area contributed by atoms with Gasteiger partial charge < -0.3 is 37.9 Å². The number of hydrogen-bond acceptors (Lipinski definition) is 9. The number of ether oxygens (including phenoxy) is 8. The number of carbonyl (C=O) groups excluding carboxylic acids is 1. The summed E-state index contributed by atoms with van der Waals surface area (Å²) in [5.74, 6) is 3.48. The van der Waals surface area contributed by atoms with Crippen LogP contribution in [0.2, 0.25) is 0 Å². The van der Waals surface area contributed by atoms with Crippen LogP contribution in [0.15, 0.2) is 78.3 Å². The van der Waals surface area contributed by atoms with E-state index in [4.69, 9.17) is 37.9 Å². The highest BCUT2D eigenvalue weighted by Crippen LogP contribution is 2.61. The van der Waals surface area contributed by atoms with Crippen molar-refractivity contribution in [3.8, 4) is 34.5 Å². The van der Waals surface area contributed by atoms with E-state index in [0.29, 0.717) is 68.1 Å². The fraction of sp³-hybridized carbons (Fsp3) is 0.273. The standard InChI is InChI=1S/C33H37O9P/c1-35-23-16-27(39-5)32(28(17-23)40-6)43(20-21-12-10-9-11-13-21,31-25(37-3)14-22(34)15-26(31)38-4)33-29(41-7)18-24(36-2)19-30(33)42-8/h9-19H,20H2,1-8H3. The maximum atomic E-state index is 12.9. The molecule has 9 nitrogen and oxygen atoms in total. The first kappa shape index (κ1) is 31.4. The summed E-state index contributed by atoms with van der Waals surface area (Å²) < 4.78 is 47.6. The van der Waals surface area contributed by atoms with Crippen LogP contribution in [0.1, 0.15) is 5.56 Å².